The molecule has 0 N–H and O–H groups in total. The maximum atomic E-state index is 7.79. The average molecular weight is 290 g/mol. The molecule has 0 aliphatic heterocycles. The minimum Gasteiger partial charge on any atom is -0.331 e. The minimum atomic E-state index is -0.403. The van der Waals surface area contributed by atoms with Gasteiger partial charge in [0.25, 0.3) is 0 Å². The Hall–Kier alpha value is -1.70. The van der Waals surface area contributed by atoms with E-state index in [0.717, 1.165) is 4.48 Å². The van der Waals surface area contributed by atoms with E-state index in [1.165, 1.54) is 76.1 Å². The maximum Gasteiger partial charge on any atom is 0.0780 e. The number of nitrogens with zero attached hydrogens (tertiary/aromatic N) is 4. The zero-order valence-electron chi connectivity index (χ0n) is 14.2. The Balaban J connectivity index is 0. The van der Waals surface area contributed by atoms with E-state index in [1.54, 1.807) is 0 Å². The Kier molecular flexibility index (Phi) is 15.1. The van der Waals surface area contributed by atoms with E-state index in [-0.39, 0.29) is 0 Å². The molecule has 0 heterocycles. The number of quaternary nitrogens is 1. The summed E-state index contributed by atoms with van der Waals surface area (Å²) in [4.78, 5) is 0. The average Bonchev–Trinajstić information content (AvgIpc) is 2.43. The van der Waals surface area contributed by atoms with Gasteiger partial charge in [0.05, 0.1) is 27.7 Å². The van der Waals surface area contributed by atoms with Gasteiger partial charge in [0.15, 0.2) is 0 Å². The van der Waals surface area contributed by atoms with E-state index in [0.29, 0.717) is 0 Å². The first-order chi connectivity index (χ1) is 9.91. The second kappa shape index (κ2) is 14.7. The first kappa shape index (κ1) is 21.6. The molecule has 4 heteroatoms. The summed E-state index contributed by atoms with van der Waals surface area (Å²) in [7, 11) is 6.84. The Morgan fingerprint density at radius 1 is 0.714 bits per heavy atom. The SMILES string of the molecule is CCCCCCCCCC[N+](C)(C)C.N#C[C-](C#N)C#N. The van der Waals surface area contributed by atoms with Gasteiger partial charge in [0.2, 0.25) is 0 Å². The zero-order chi connectivity index (χ0) is 16.6. The molecule has 0 saturated heterocycles. The van der Waals surface area contributed by atoms with E-state index in [4.69, 9.17) is 15.8 Å². The van der Waals surface area contributed by atoms with Crippen LogP contribution in [-0.2, 0) is 0 Å². The molecule has 0 atom stereocenters. The lowest BCUT2D eigenvalue weighted by Gasteiger charge is -2.23. The topological polar surface area (TPSA) is 71.4 Å². The molecule has 0 amide bonds. The molecule has 21 heavy (non-hydrogen) atoms. The number of nitriles is 3. The second-order valence-electron chi connectivity index (χ2n) is 6.20. The van der Waals surface area contributed by atoms with Crippen molar-refractivity contribution in [3.63, 3.8) is 0 Å². The predicted molar refractivity (Wildman–Crippen MR) is 85.6 cm³/mol. The van der Waals surface area contributed by atoms with Crippen molar-refractivity contribution in [3.05, 3.63) is 5.92 Å². The smallest absolute Gasteiger partial charge is 0.0780 e. The molecule has 0 radical (unpaired) electrons. The molecule has 0 aromatic carbocycles. The van der Waals surface area contributed by atoms with Gasteiger partial charge in [0.1, 0.15) is 0 Å². The van der Waals surface area contributed by atoms with Crippen LogP contribution in [0.25, 0.3) is 0 Å². The van der Waals surface area contributed by atoms with Crippen LogP contribution < -0.4 is 0 Å². The van der Waals surface area contributed by atoms with E-state index >= 15 is 0 Å². The molecule has 0 rings (SSSR count). The highest BCUT2D eigenvalue weighted by molar-refractivity contribution is 5.38. The van der Waals surface area contributed by atoms with Gasteiger partial charge in [-0.3, -0.25) is 0 Å². The van der Waals surface area contributed by atoms with Crippen molar-refractivity contribution in [2.24, 2.45) is 0 Å². The van der Waals surface area contributed by atoms with Crippen LogP contribution in [0, 0.1) is 39.9 Å². The van der Waals surface area contributed by atoms with Crippen LogP contribution in [0.5, 0.6) is 0 Å². The third kappa shape index (κ3) is 20.8. The van der Waals surface area contributed by atoms with Crippen LogP contribution >= 0.6 is 0 Å². The van der Waals surface area contributed by atoms with Gasteiger partial charge >= 0.3 is 0 Å². The Labute approximate surface area is 131 Å². The summed E-state index contributed by atoms with van der Waals surface area (Å²) in [5.41, 5.74) is 0. The summed E-state index contributed by atoms with van der Waals surface area (Å²) in [5, 5.41) is 23.4. The van der Waals surface area contributed by atoms with Crippen molar-refractivity contribution in [2.75, 3.05) is 27.7 Å². The van der Waals surface area contributed by atoms with Crippen molar-refractivity contribution < 1.29 is 4.48 Å². The lowest BCUT2D eigenvalue weighted by molar-refractivity contribution is -0.870. The zero-order valence-corrected chi connectivity index (χ0v) is 14.2. The van der Waals surface area contributed by atoms with Crippen molar-refractivity contribution in [1.82, 2.24) is 0 Å². The largest absolute Gasteiger partial charge is 0.331 e. The third-order valence-corrected chi connectivity index (χ3v) is 3.02. The molecule has 0 unspecified atom stereocenters. The molecule has 4 nitrogen and oxygen atoms in total. The Morgan fingerprint density at radius 3 is 1.38 bits per heavy atom. The third-order valence-electron chi connectivity index (χ3n) is 3.02. The summed E-state index contributed by atoms with van der Waals surface area (Å²) >= 11 is 0. The van der Waals surface area contributed by atoms with E-state index in [2.05, 4.69) is 28.1 Å². The van der Waals surface area contributed by atoms with Gasteiger partial charge in [-0.25, -0.2) is 15.8 Å². The highest BCUT2D eigenvalue weighted by Gasteiger charge is 2.04. The van der Waals surface area contributed by atoms with Gasteiger partial charge in [-0.05, 0) is 12.8 Å². The quantitative estimate of drug-likeness (QED) is 0.366. The fourth-order valence-corrected chi connectivity index (χ4v) is 1.80. The highest BCUT2D eigenvalue weighted by Crippen LogP contribution is 2.09. The molecule has 0 aliphatic rings. The van der Waals surface area contributed by atoms with Gasteiger partial charge in [-0.15, -0.1) is 0 Å². The molecule has 0 aliphatic carbocycles. The van der Waals surface area contributed by atoms with Crippen molar-refractivity contribution >= 4 is 0 Å². The van der Waals surface area contributed by atoms with E-state index in [1.807, 2.05) is 0 Å². The predicted octanol–water partition coefficient (Wildman–Crippen LogP) is 3.96. The molecule has 0 saturated carbocycles. The van der Waals surface area contributed by atoms with Gasteiger partial charge in [-0.1, -0.05) is 69.6 Å². The molecule has 0 aromatic rings. The normalized spacial score (nSPS) is 9.57. The Bertz CT molecular complexity index is 316. The second-order valence-corrected chi connectivity index (χ2v) is 6.20. The van der Waals surface area contributed by atoms with Crippen molar-refractivity contribution in [2.45, 2.75) is 58.3 Å². The van der Waals surface area contributed by atoms with Crippen LogP contribution in [0.1, 0.15) is 58.3 Å². The number of hydrogen-bond acceptors (Lipinski definition) is 3. The monoisotopic (exact) mass is 290 g/mol. The van der Waals surface area contributed by atoms with Crippen LogP contribution in [0.3, 0.4) is 0 Å². The first-order valence-corrected chi connectivity index (χ1v) is 7.79. The van der Waals surface area contributed by atoms with E-state index in [9.17, 15) is 0 Å². The number of hydrogen-bond donors (Lipinski definition) is 0. The minimum absolute atomic E-state index is 0.403. The summed E-state index contributed by atoms with van der Waals surface area (Å²) in [6.07, 6.45) is 11.4. The van der Waals surface area contributed by atoms with Gasteiger partial charge in [-0.2, -0.15) is 0 Å². The molecule has 0 bridgehead atoms. The van der Waals surface area contributed by atoms with E-state index < -0.39 is 5.92 Å². The van der Waals surface area contributed by atoms with Crippen molar-refractivity contribution in [3.8, 4) is 18.2 Å². The van der Waals surface area contributed by atoms with Crippen LogP contribution in [0.4, 0.5) is 0 Å². The summed E-state index contributed by atoms with van der Waals surface area (Å²) in [5.74, 6) is -0.403. The number of rotatable bonds is 9. The molecular weight excluding hydrogens is 260 g/mol. The highest BCUT2D eigenvalue weighted by atomic mass is 15.3. The molecule has 118 valence electrons. The van der Waals surface area contributed by atoms with Crippen LogP contribution in [0.15, 0.2) is 0 Å². The summed E-state index contributed by atoms with van der Waals surface area (Å²) in [6, 6.07) is 4.19. The van der Waals surface area contributed by atoms with Crippen LogP contribution in [0.2, 0.25) is 0 Å². The fourth-order valence-electron chi connectivity index (χ4n) is 1.80. The summed E-state index contributed by atoms with van der Waals surface area (Å²) < 4.78 is 1.12. The van der Waals surface area contributed by atoms with Crippen molar-refractivity contribution in [1.29, 1.82) is 15.8 Å². The standard InChI is InChI=1S/C13H30N.C4N3/c1-5-6-7-8-9-10-11-12-13-14(2,3)4;5-1-4(2-6)3-7/h5-13H2,1-4H3;/q+1;-1. The molecule has 0 fully saturated rings. The molecule has 0 aromatic heterocycles. The fraction of sp³-hybridized carbons (Fsp3) is 0.765. The Morgan fingerprint density at radius 2 is 1.10 bits per heavy atom. The maximum absolute atomic E-state index is 7.79. The lowest BCUT2D eigenvalue weighted by Crippen LogP contribution is -2.35. The van der Waals surface area contributed by atoms with Gasteiger partial charge in [0, 0.05) is 0 Å². The molecular formula is C17H30N4. The lowest BCUT2D eigenvalue weighted by atomic mass is 10.1. The first-order valence-electron chi connectivity index (χ1n) is 7.79. The number of unbranched alkanes of at least 4 members (excludes halogenated alkanes) is 7. The van der Waals surface area contributed by atoms with Crippen LogP contribution in [-0.4, -0.2) is 32.2 Å². The van der Waals surface area contributed by atoms with Gasteiger partial charge < -0.3 is 4.48 Å². The summed E-state index contributed by atoms with van der Waals surface area (Å²) in [6.45, 7) is 3.61. The molecule has 0 spiro atoms.